The number of anilines is 2. The Hall–Kier alpha value is -1.69. The number of thiazole rings is 1. The maximum atomic E-state index is 4.90. The zero-order chi connectivity index (χ0) is 16.1. The van der Waals surface area contributed by atoms with Crippen molar-refractivity contribution >= 4 is 22.3 Å². The minimum Gasteiger partial charge on any atom is -0.351 e. The Morgan fingerprint density at radius 1 is 1.04 bits per heavy atom. The summed E-state index contributed by atoms with van der Waals surface area (Å²) in [6, 6.07) is 2.79. The first-order chi connectivity index (χ1) is 11.8. The second kappa shape index (κ2) is 5.69. The first-order valence-corrected chi connectivity index (χ1v) is 9.91. The van der Waals surface area contributed by atoms with E-state index in [9.17, 15) is 0 Å². The lowest BCUT2D eigenvalue weighted by atomic mass is 10.0. The smallest absolute Gasteiger partial charge is 0.185 e. The van der Waals surface area contributed by atoms with E-state index in [1.165, 1.54) is 65.5 Å². The molecule has 6 heteroatoms. The van der Waals surface area contributed by atoms with E-state index in [4.69, 9.17) is 4.98 Å². The van der Waals surface area contributed by atoms with Gasteiger partial charge in [0.25, 0.3) is 0 Å². The van der Waals surface area contributed by atoms with Crippen LogP contribution in [0.1, 0.15) is 41.1 Å². The molecule has 0 saturated carbocycles. The van der Waals surface area contributed by atoms with Crippen LogP contribution in [0, 0.1) is 0 Å². The van der Waals surface area contributed by atoms with Gasteiger partial charge in [-0.15, -0.1) is 16.4 Å². The number of likely N-dealkylation sites (N-methyl/N-ethyl adjacent to an activating group) is 1. The van der Waals surface area contributed by atoms with Crippen molar-refractivity contribution in [2.45, 2.75) is 51.0 Å². The molecule has 1 aliphatic heterocycles. The minimum absolute atomic E-state index is 0.535. The Kier molecular flexibility index (Phi) is 3.47. The van der Waals surface area contributed by atoms with Crippen LogP contribution in [-0.2, 0) is 25.7 Å². The maximum absolute atomic E-state index is 4.90. The van der Waals surface area contributed by atoms with Crippen LogP contribution in [0.5, 0.6) is 0 Å². The molecule has 126 valence electrons. The molecule has 0 unspecified atom stereocenters. The SMILES string of the molecule is CN(c1nc2c(s1)CCCC2)C1CN(c2cc3c(nn2)CCC3)C1. The number of fused-ring (bicyclic) bond motifs is 2. The molecule has 24 heavy (non-hydrogen) atoms. The summed E-state index contributed by atoms with van der Waals surface area (Å²) in [4.78, 5) is 11.1. The topological polar surface area (TPSA) is 45.2 Å². The molecule has 2 aliphatic carbocycles. The number of rotatable bonds is 3. The Labute approximate surface area is 146 Å². The fourth-order valence-corrected chi connectivity index (χ4v) is 5.19. The van der Waals surface area contributed by atoms with E-state index in [-0.39, 0.29) is 0 Å². The van der Waals surface area contributed by atoms with Crippen molar-refractivity contribution in [3.8, 4) is 0 Å². The summed E-state index contributed by atoms with van der Waals surface area (Å²) >= 11 is 1.90. The van der Waals surface area contributed by atoms with Gasteiger partial charge in [0.1, 0.15) is 0 Å². The van der Waals surface area contributed by atoms with Crippen LogP contribution in [0.3, 0.4) is 0 Å². The van der Waals surface area contributed by atoms with Gasteiger partial charge in [0.05, 0.1) is 17.4 Å². The first-order valence-electron chi connectivity index (χ1n) is 9.10. The summed E-state index contributed by atoms with van der Waals surface area (Å²) in [6.45, 7) is 2.04. The lowest BCUT2D eigenvalue weighted by Crippen LogP contribution is -2.59. The highest BCUT2D eigenvalue weighted by atomic mass is 32.1. The molecule has 2 aromatic rings. The number of aromatic nitrogens is 3. The number of aryl methyl sites for hydroxylation is 4. The van der Waals surface area contributed by atoms with Crippen LogP contribution < -0.4 is 9.80 Å². The van der Waals surface area contributed by atoms with Crippen LogP contribution in [0.4, 0.5) is 10.9 Å². The summed E-state index contributed by atoms with van der Waals surface area (Å²) in [7, 11) is 2.20. The summed E-state index contributed by atoms with van der Waals surface area (Å²) < 4.78 is 0. The van der Waals surface area contributed by atoms with Gasteiger partial charge in [0, 0.05) is 25.0 Å². The van der Waals surface area contributed by atoms with Gasteiger partial charge < -0.3 is 9.80 Å². The Morgan fingerprint density at radius 3 is 2.75 bits per heavy atom. The number of hydrogen-bond acceptors (Lipinski definition) is 6. The van der Waals surface area contributed by atoms with E-state index in [1.807, 2.05) is 11.3 Å². The largest absolute Gasteiger partial charge is 0.351 e. The van der Waals surface area contributed by atoms with E-state index in [0.717, 1.165) is 25.3 Å². The molecule has 0 N–H and O–H groups in total. The lowest BCUT2D eigenvalue weighted by molar-refractivity contribution is 0.489. The normalized spacial score (nSPS) is 19.8. The molecule has 5 nitrogen and oxygen atoms in total. The molecule has 5 rings (SSSR count). The number of nitrogens with zero attached hydrogens (tertiary/aromatic N) is 5. The quantitative estimate of drug-likeness (QED) is 0.859. The van der Waals surface area contributed by atoms with Crippen molar-refractivity contribution in [1.29, 1.82) is 0 Å². The van der Waals surface area contributed by atoms with E-state index in [2.05, 4.69) is 33.1 Å². The molecule has 0 bridgehead atoms. The fraction of sp³-hybridized carbons (Fsp3) is 0.611. The van der Waals surface area contributed by atoms with Gasteiger partial charge in [-0.2, -0.15) is 5.10 Å². The van der Waals surface area contributed by atoms with Crippen molar-refractivity contribution in [3.63, 3.8) is 0 Å². The van der Waals surface area contributed by atoms with Crippen LogP contribution >= 0.6 is 11.3 Å². The average Bonchev–Trinajstić information content (AvgIpc) is 3.19. The van der Waals surface area contributed by atoms with Gasteiger partial charge in [-0.3, -0.25) is 0 Å². The van der Waals surface area contributed by atoms with Gasteiger partial charge in [0.2, 0.25) is 0 Å². The second-order valence-corrected chi connectivity index (χ2v) is 8.33. The molecule has 1 fully saturated rings. The highest BCUT2D eigenvalue weighted by molar-refractivity contribution is 7.15. The molecule has 0 atom stereocenters. The molecule has 0 radical (unpaired) electrons. The third-order valence-electron chi connectivity index (χ3n) is 5.68. The third-order valence-corrected chi connectivity index (χ3v) is 6.92. The van der Waals surface area contributed by atoms with Crippen LogP contribution in [0.15, 0.2) is 6.07 Å². The molecule has 0 amide bonds. The number of hydrogen-bond donors (Lipinski definition) is 0. The molecule has 3 heterocycles. The van der Waals surface area contributed by atoms with Crippen molar-refractivity contribution in [2.75, 3.05) is 29.9 Å². The average molecular weight is 341 g/mol. The van der Waals surface area contributed by atoms with E-state index in [1.54, 1.807) is 0 Å². The van der Waals surface area contributed by atoms with Gasteiger partial charge in [-0.1, -0.05) is 0 Å². The van der Waals surface area contributed by atoms with Gasteiger partial charge in [0.15, 0.2) is 10.9 Å². The zero-order valence-electron chi connectivity index (χ0n) is 14.2. The Morgan fingerprint density at radius 2 is 1.88 bits per heavy atom. The van der Waals surface area contributed by atoms with Crippen molar-refractivity contribution in [3.05, 3.63) is 27.9 Å². The standard InChI is InChI=1S/C18H23N5S/c1-22(18-19-15-6-2-3-8-16(15)24-18)13-10-23(11-13)17-9-12-5-4-7-14(12)20-21-17/h9,13H,2-8,10-11H2,1H3. The summed E-state index contributed by atoms with van der Waals surface area (Å²) in [5, 5.41) is 10.1. The molecule has 0 aromatic carbocycles. The molecule has 3 aliphatic rings. The van der Waals surface area contributed by atoms with Crippen LogP contribution in [-0.4, -0.2) is 41.4 Å². The molecule has 1 saturated heterocycles. The van der Waals surface area contributed by atoms with Gasteiger partial charge in [-0.05, 0) is 56.6 Å². The van der Waals surface area contributed by atoms with Crippen molar-refractivity contribution < 1.29 is 0 Å². The monoisotopic (exact) mass is 341 g/mol. The predicted molar refractivity (Wildman–Crippen MR) is 97.2 cm³/mol. The van der Waals surface area contributed by atoms with E-state index >= 15 is 0 Å². The first kappa shape index (κ1) is 14.6. The second-order valence-electron chi connectivity index (χ2n) is 7.27. The van der Waals surface area contributed by atoms with E-state index in [0.29, 0.717) is 6.04 Å². The highest BCUT2D eigenvalue weighted by Crippen LogP contribution is 2.34. The molecule has 2 aromatic heterocycles. The molecular formula is C18H23N5S. The predicted octanol–water partition coefficient (Wildman–Crippen LogP) is 2.63. The fourth-order valence-electron chi connectivity index (χ4n) is 4.00. The lowest BCUT2D eigenvalue weighted by Gasteiger charge is -2.44. The van der Waals surface area contributed by atoms with Gasteiger partial charge in [-0.25, -0.2) is 4.98 Å². The Balaban J connectivity index is 1.26. The van der Waals surface area contributed by atoms with Gasteiger partial charge >= 0.3 is 0 Å². The van der Waals surface area contributed by atoms with Crippen molar-refractivity contribution in [2.24, 2.45) is 0 Å². The zero-order valence-corrected chi connectivity index (χ0v) is 15.0. The van der Waals surface area contributed by atoms with Crippen LogP contribution in [0.25, 0.3) is 0 Å². The minimum atomic E-state index is 0.535. The summed E-state index contributed by atoms with van der Waals surface area (Å²) in [6.07, 6.45) is 8.51. The molecular weight excluding hydrogens is 318 g/mol. The summed E-state index contributed by atoms with van der Waals surface area (Å²) in [5.74, 6) is 1.05. The maximum Gasteiger partial charge on any atom is 0.185 e. The third kappa shape index (κ3) is 2.39. The summed E-state index contributed by atoms with van der Waals surface area (Å²) in [5.41, 5.74) is 3.97. The highest BCUT2D eigenvalue weighted by Gasteiger charge is 2.33. The van der Waals surface area contributed by atoms with Crippen LogP contribution in [0.2, 0.25) is 0 Å². The molecule has 0 spiro atoms. The Bertz CT molecular complexity index is 741. The van der Waals surface area contributed by atoms with E-state index < -0.39 is 0 Å². The van der Waals surface area contributed by atoms with Crippen molar-refractivity contribution in [1.82, 2.24) is 15.2 Å².